The Balaban J connectivity index is 2.06. The molecule has 1 aliphatic heterocycles. The van der Waals surface area contributed by atoms with Gasteiger partial charge in [-0.05, 0) is 17.5 Å². The molecule has 2 N–H and O–H groups in total. The molecule has 1 aromatic carbocycles. The lowest BCUT2D eigenvalue weighted by Crippen LogP contribution is -2.33. The highest BCUT2D eigenvalue weighted by atomic mass is 16.5. The minimum absolute atomic E-state index is 0.0692. The Bertz CT molecular complexity index is 674. The van der Waals surface area contributed by atoms with Crippen molar-refractivity contribution in [3.63, 3.8) is 0 Å². The van der Waals surface area contributed by atoms with Gasteiger partial charge in [0.15, 0.2) is 0 Å². The number of nitrogens with zero attached hydrogens (tertiary/aromatic N) is 3. The molecule has 0 saturated carbocycles. The second-order valence-electron chi connectivity index (χ2n) is 5.18. The first kappa shape index (κ1) is 13.6. The van der Waals surface area contributed by atoms with Crippen molar-refractivity contribution < 1.29 is 19.6 Å². The minimum Gasteiger partial charge on any atom is -0.535 e. The molecule has 0 spiro atoms. The van der Waals surface area contributed by atoms with Crippen LogP contribution in [0.1, 0.15) is 28.4 Å². The van der Waals surface area contributed by atoms with Gasteiger partial charge in [-0.15, -0.1) is 5.10 Å². The van der Waals surface area contributed by atoms with E-state index in [4.69, 9.17) is 4.65 Å². The van der Waals surface area contributed by atoms with Crippen LogP contribution in [-0.2, 0) is 13.0 Å². The van der Waals surface area contributed by atoms with Gasteiger partial charge in [0.05, 0.1) is 12.7 Å². The summed E-state index contributed by atoms with van der Waals surface area (Å²) in [4.78, 5) is 11.6. The third kappa shape index (κ3) is 2.49. The Hall–Kier alpha value is -2.35. The number of carboxylic acids is 1. The first-order valence-electron chi connectivity index (χ1n) is 6.63. The van der Waals surface area contributed by atoms with E-state index in [0.717, 1.165) is 5.56 Å². The van der Waals surface area contributed by atoms with Gasteiger partial charge in [-0.2, -0.15) is 0 Å². The van der Waals surface area contributed by atoms with Crippen LogP contribution < -0.4 is 4.65 Å². The molecular formula is C13H14BN3O4. The SMILES string of the molecule is C[C@H]1Cc2ccc(Cn3ccnn3)c(C(=O)O)c2OB1O. The Labute approximate surface area is 121 Å². The molecule has 0 fully saturated rings. The van der Waals surface area contributed by atoms with Crippen molar-refractivity contribution in [1.29, 1.82) is 0 Å². The summed E-state index contributed by atoms with van der Waals surface area (Å²) in [6.45, 7) is 2.14. The molecule has 2 heterocycles. The van der Waals surface area contributed by atoms with E-state index in [1.54, 1.807) is 12.3 Å². The Morgan fingerprint density at radius 1 is 1.57 bits per heavy atom. The second-order valence-corrected chi connectivity index (χ2v) is 5.18. The maximum Gasteiger partial charge on any atom is 0.525 e. The highest BCUT2D eigenvalue weighted by Gasteiger charge is 2.34. The summed E-state index contributed by atoms with van der Waals surface area (Å²) in [7, 11) is -0.989. The summed E-state index contributed by atoms with van der Waals surface area (Å²) < 4.78 is 6.96. The number of rotatable bonds is 3. The molecule has 0 saturated heterocycles. The van der Waals surface area contributed by atoms with Crippen LogP contribution in [0.4, 0.5) is 0 Å². The quantitative estimate of drug-likeness (QED) is 0.811. The first-order valence-corrected chi connectivity index (χ1v) is 6.63. The van der Waals surface area contributed by atoms with Gasteiger partial charge in [-0.3, -0.25) is 0 Å². The standard InChI is InChI=1S/C13H14BN3O4/c1-8-6-9-2-3-10(7-17-5-4-15-16-17)11(13(18)19)12(9)21-14(8)20/h2-5,8,20H,6-7H2,1H3,(H,18,19)/t8-/m0/s1. The summed E-state index contributed by atoms with van der Waals surface area (Å²) in [6, 6.07) is 3.61. The highest BCUT2D eigenvalue weighted by Crippen LogP contribution is 2.36. The van der Waals surface area contributed by atoms with Crippen LogP contribution in [0.2, 0.25) is 5.82 Å². The van der Waals surface area contributed by atoms with E-state index in [2.05, 4.69) is 10.3 Å². The Kier molecular flexibility index (Phi) is 3.38. The summed E-state index contributed by atoms with van der Waals surface area (Å²) in [5.74, 6) is -0.894. The summed E-state index contributed by atoms with van der Waals surface area (Å²) >= 11 is 0. The Morgan fingerprint density at radius 2 is 2.38 bits per heavy atom. The second kappa shape index (κ2) is 5.21. The molecule has 2 aromatic rings. The maximum absolute atomic E-state index is 11.6. The maximum atomic E-state index is 11.6. The van der Waals surface area contributed by atoms with Crippen molar-refractivity contribution in [2.75, 3.05) is 0 Å². The molecule has 0 radical (unpaired) electrons. The van der Waals surface area contributed by atoms with Crippen molar-refractivity contribution >= 4 is 13.1 Å². The van der Waals surface area contributed by atoms with E-state index in [1.165, 1.54) is 10.9 Å². The van der Waals surface area contributed by atoms with Crippen LogP contribution in [0.5, 0.6) is 5.75 Å². The van der Waals surface area contributed by atoms with E-state index < -0.39 is 13.1 Å². The number of hydrogen-bond acceptors (Lipinski definition) is 5. The summed E-state index contributed by atoms with van der Waals surface area (Å²) in [6.07, 6.45) is 3.77. The molecular weight excluding hydrogens is 273 g/mol. The van der Waals surface area contributed by atoms with Crippen molar-refractivity contribution in [3.8, 4) is 5.75 Å². The molecule has 8 heteroatoms. The van der Waals surface area contributed by atoms with E-state index in [1.807, 2.05) is 13.0 Å². The largest absolute Gasteiger partial charge is 0.535 e. The number of carbonyl (C=O) groups is 1. The monoisotopic (exact) mass is 287 g/mol. The zero-order valence-electron chi connectivity index (χ0n) is 11.4. The molecule has 0 bridgehead atoms. The molecule has 3 rings (SSSR count). The summed E-state index contributed by atoms with van der Waals surface area (Å²) in [5.41, 5.74) is 1.44. The molecule has 7 nitrogen and oxygen atoms in total. The molecule has 1 atom stereocenters. The number of aromatic carboxylic acids is 1. The van der Waals surface area contributed by atoms with Crippen molar-refractivity contribution in [2.45, 2.75) is 25.7 Å². The average Bonchev–Trinajstić information content (AvgIpc) is 2.93. The topological polar surface area (TPSA) is 97.5 Å². The predicted octanol–water partition coefficient (Wildman–Crippen LogP) is 0.830. The predicted molar refractivity (Wildman–Crippen MR) is 74.3 cm³/mol. The zero-order valence-corrected chi connectivity index (χ0v) is 11.4. The number of benzene rings is 1. The first-order chi connectivity index (χ1) is 10.1. The van der Waals surface area contributed by atoms with Gasteiger partial charge in [0.25, 0.3) is 0 Å². The zero-order chi connectivity index (χ0) is 15.0. The van der Waals surface area contributed by atoms with E-state index in [9.17, 15) is 14.9 Å². The van der Waals surface area contributed by atoms with E-state index in [0.29, 0.717) is 12.0 Å². The molecule has 0 aliphatic carbocycles. The normalized spacial score (nSPS) is 17.2. The molecule has 21 heavy (non-hydrogen) atoms. The van der Waals surface area contributed by atoms with Gasteiger partial charge >= 0.3 is 13.1 Å². The lowest BCUT2D eigenvalue weighted by molar-refractivity contribution is 0.0692. The van der Waals surface area contributed by atoms with Gasteiger partial charge in [-0.25, -0.2) is 9.48 Å². The van der Waals surface area contributed by atoms with Crippen LogP contribution in [0, 0.1) is 0 Å². The van der Waals surface area contributed by atoms with Gasteiger partial charge in [0.1, 0.15) is 11.3 Å². The van der Waals surface area contributed by atoms with Gasteiger partial charge < -0.3 is 14.8 Å². The number of fused-ring (bicyclic) bond motifs is 1. The van der Waals surface area contributed by atoms with Crippen LogP contribution in [-0.4, -0.2) is 38.2 Å². The van der Waals surface area contributed by atoms with Crippen molar-refractivity contribution in [1.82, 2.24) is 15.0 Å². The van der Waals surface area contributed by atoms with Crippen LogP contribution in [0.25, 0.3) is 0 Å². The lowest BCUT2D eigenvalue weighted by Gasteiger charge is -2.27. The van der Waals surface area contributed by atoms with Gasteiger partial charge in [0.2, 0.25) is 0 Å². The number of carboxylic acid groups (broad SMARTS) is 1. The average molecular weight is 287 g/mol. The smallest absolute Gasteiger partial charge is 0.525 e. The van der Waals surface area contributed by atoms with Crippen molar-refractivity contribution in [3.05, 3.63) is 41.2 Å². The van der Waals surface area contributed by atoms with E-state index >= 15 is 0 Å². The molecule has 0 unspecified atom stereocenters. The van der Waals surface area contributed by atoms with Crippen LogP contribution in [0.3, 0.4) is 0 Å². The van der Waals surface area contributed by atoms with Gasteiger partial charge in [-0.1, -0.05) is 24.3 Å². The molecule has 1 aliphatic rings. The number of hydrogen-bond donors (Lipinski definition) is 2. The third-order valence-electron chi connectivity index (χ3n) is 3.61. The van der Waals surface area contributed by atoms with Gasteiger partial charge in [0, 0.05) is 12.0 Å². The fourth-order valence-corrected chi connectivity index (χ4v) is 2.50. The fourth-order valence-electron chi connectivity index (χ4n) is 2.50. The van der Waals surface area contributed by atoms with Crippen LogP contribution >= 0.6 is 0 Å². The summed E-state index contributed by atoms with van der Waals surface area (Å²) in [5, 5.41) is 26.9. The number of aromatic nitrogens is 3. The minimum atomic E-state index is -1.08. The van der Waals surface area contributed by atoms with Crippen LogP contribution in [0.15, 0.2) is 24.5 Å². The molecule has 1 aromatic heterocycles. The van der Waals surface area contributed by atoms with Crippen molar-refractivity contribution in [2.24, 2.45) is 0 Å². The highest BCUT2D eigenvalue weighted by molar-refractivity contribution is 6.46. The molecule has 0 amide bonds. The fraction of sp³-hybridized carbons (Fsp3) is 0.308. The third-order valence-corrected chi connectivity index (χ3v) is 3.61. The lowest BCUT2D eigenvalue weighted by atomic mass is 9.68. The Morgan fingerprint density at radius 3 is 3.05 bits per heavy atom. The van der Waals surface area contributed by atoms with E-state index in [-0.39, 0.29) is 23.7 Å². The molecule has 108 valence electrons.